The molecule has 0 aromatic carbocycles. The molecule has 0 saturated heterocycles. The summed E-state index contributed by atoms with van der Waals surface area (Å²) in [4.78, 5) is 11.7. The summed E-state index contributed by atoms with van der Waals surface area (Å²) in [5.74, 6) is -0.437. The van der Waals surface area contributed by atoms with Gasteiger partial charge >= 0.3 is 6.18 Å². The van der Waals surface area contributed by atoms with E-state index in [1.165, 1.54) is 0 Å². The van der Waals surface area contributed by atoms with Crippen LogP contribution in [0.5, 0.6) is 0 Å². The Morgan fingerprint density at radius 2 is 2.14 bits per heavy atom. The van der Waals surface area contributed by atoms with Gasteiger partial charge in [-0.2, -0.15) is 13.2 Å². The molecule has 0 aliphatic rings. The predicted molar refractivity (Wildman–Crippen MR) is 67.7 cm³/mol. The zero-order valence-electron chi connectivity index (χ0n) is 10.9. The molecule has 7 nitrogen and oxygen atoms in total. The first kappa shape index (κ1) is 15.4. The highest BCUT2D eigenvalue weighted by molar-refractivity contribution is 7.15. The number of aromatic nitrogens is 5. The van der Waals surface area contributed by atoms with Crippen molar-refractivity contribution in [2.45, 2.75) is 32.5 Å². The van der Waals surface area contributed by atoms with Gasteiger partial charge in [-0.05, 0) is 6.92 Å². The SMILES string of the molecule is CCn1cc(CC(=O)Nc2nnc(CC(F)(F)F)s2)nn1. The van der Waals surface area contributed by atoms with E-state index in [0.717, 1.165) is 0 Å². The van der Waals surface area contributed by atoms with Crippen LogP contribution in [-0.2, 0) is 24.2 Å². The maximum absolute atomic E-state index is 12.2. The van der Waals surface area contributed by atoms with Gasteiger partial charge in [-0.25, -0.2) is 0 Å². The summed E-state index contributed by atoms with van der Waals surface area (Å²) in [5, 5.41) is 16.7. The fraction of sp³-hybridized carbons (Fsp3) is 0.500. The molecule has 0 atom stereocenters. The molecule has 2 heterocycles. The number of halogens is 3. The van der Waals surface area contributed by atoms with Crippen LogP contribution in [0.3, 0.4) is 0 Å². The Kier molecular flexibility index (Phi) is 4.50. The number of carbonyl (C=O) groups is 1. The molecule has 0 saturated carbocycles. The van der Waals surface area contributed by atoms with Crippen molar-refractivity contribution in [3.63, 3.8) is 0 Å². The Labute approximate surface area is 121 Å². The highest BCUT2D eigenvalue weighted by Crippen LogP contribution is 2.25. The topological polar surface area (TPSA) is 85.6 Å². The van der Waals surface area contributed by atoms with Gasteiger partial charge in [-0.3, -0.25) is 9.48 Å². The largest absolute Gasteiger partial charge is 0.395 e. The Bertz CT molecular complexity index is 622. The van der Waals surface area contributed by atoms with Gasteiger partial charge in [0.25, 0.3) is 0 Å². The number of hydrogen-bond acceptors (Lipinski definition) is 6. The summed E-state index contributed by atoms with van der Waals surface area (Å²) in [6.45, 7) is 2.51. The highest BCUT2D eigenvalue weighted by atomic mass is 32.1. The fourth-order valence-electron chi connectivity index (χ4n) is 1.45. The van der Waals surface area contributed by atoms with Crippen molar-refractivity contribution in [1.82, 2.24) is 25.2 Å². The minimum Gasteiger partial charge on any atom is -0.300 e. The third kappa shape index (κ3) is 4.77. The molecule has 2 aromatic rings. The number of carbonyl (C=O) groups excluding carboxylic acids is 1. The standard InChI is InChI=1S/C10H11F3N6OS/c1-2-19-5-6(15-18-19)3-7(20)14-9-17-16-8(21-9)4-10(11,12)13/h5H,2-4H2,1H3,(H,14,17,20). The second-order valence-corrected chi connectivity index (χ2v) is 5.15. The van der Waals surface area contributed by atoms with Gasteiger partial charge in [0.05, 0.1) is 18.5 Å². The van der Waals surface area contributed by atoms with Crippen molar-refractivity contribution in [3.05, 3.63) is 16.9 Å². The first-order chi connectivity index (χ1) is 9.85. The van der Waals surface area contributed by atoms with Gasteiger partial charge in [0.2, 0.25) is 11.0 Å². The van der Waals surface area contributed by atoms with Gasteiger partial charge in [-0.1, -0.05) is 16.6 Å². The summed E-state index contributed by atoms with van der Waals surface area (Å²) >= 11 is 0.693. The van der Waals surface area contributed by atoms with Crippen LogP contribution < -0.4 is 5.32 Å². The van der Waals surface area contributed by atoms with Crippen LogP contribution in [0.4, 0.5) is 18.3 Å². The van der Waals surface area contributed by atoms with E-state index >= 15 is 0 Å². The molecule has 0 unspecified atom stereocenters. The minimum absolute atomic E-state index is 0.0298. The maximum Gasteiger partial charge on any atom is 0.395 e. The molecule has 11 heteroatoms. The van der Waals surface area contributed by atoms with Gasteiger partial charge < -0.3 is 5.32 Å². The van der Waals surface area contributed by atoms with Crippen molar-refractivity contribution in [3.8, 4) is 0 Å². The first-order valence-corrected chi connectivity index (χ1v) is 6.75. The zero-order chi connectivity index (χ0) is 15.5. The third-order valence-corrected chi connectivity index (χ3v) is 3.16. The summed E-state index contributed by atoms with van der Waals surface area (Å²) in [7, 11) is 0. The molecule has 2 aromatic heterocycles. The molecule has 0 radical (unpaired) electrons. The molecule has 1 amide bonds. The number of nitrogens with one attached hydrogen (secondary N) is 1. The number of aryl methyl sites for hydroxylation is 1. The molecule has 0 bridgehead atoms. The van der Waals surface area contributed by atoms with Crippen molar-refractivity contribution in [2.75, 3.05) is 5.32 Å². The number of nitrogens with zero attached hydrogens (tertiary/aromatic N) is 5. The Hall–Kier alpha value is -2.04. The van der Waals surface area contributed by atoms with Crippen LogP contribution in [0, 0.1) is 0 Å². The van der Waals surface area contributed by atoms with E-state index in [2.05, 4.69) is 25.8 Å². The van der Waals surface area contributed by atoms with Crippen LogP contribution in [-0.4, -0.2) is 37.3 Å². The van der Waals surface area contributed by atoms with Crippen LogP contribution in [0.15, 0.2) is 6.20 Å². The molecule has 1 N–H and O–H groups in total. The number of amides is 1. The van der Waals surface area contributed by atoms with E-state index in [1.807, 2.05) is 6.92 Å². The fourth-order valence-corrected chi connectivity index (χ4v) is 2.24. The lowest BCUT2D eigenvalue weighted by molar-refractivity contribution is -0.127. The molecule has 2 rings (SSSR count). The van der Waals surface area contributed by atoms with Crippen molar-refractivity contribution in [2.24, 2.45) is 0 Å². The minimum atomic E-state index is -4.35. The first-order valence-electron chi connectivity index (χ1n) is 5.93. The quantitative estimate of drug-likeness (QED) is 0.901. The van der Waals surface area contributed by atoms with E-state index in [4.69, 9.17) is 0 Å². The van der Waals surface area contributed by atoms with Crippen LogP contribution in [0.1, 0.15) is 17.6 Å². The normalized spacial score (nSPS) is 11.6. The highest BCUT2D eigenvalue weighted by Gasteiger charge is 2.30. The van der Waals surface area contributed by atoms with Gasteiger partial charge in [0, 0.05) is 12.7 Å². The van der Waals surface area contributed by atoms with Crippen LogP contribution in [0.25, 0.3) is 0 Å². The second kappa shape index (κ2) is 6.16. The lowest BCUT2D eigenvalue weighted by Crippen LogP contribution is -2.14. The number of alkyl halides is 3. The average molecular weight is 320 g/mol. The van der Waals surface area contributed by atoms with Gasteiger partial charge in [-0.15, -0.1) is 15.3 Å². The van der Waals surface area contributed by atoms with E-state index < -0.39 is 18.5 Å². The number of rotatable bonds is 5. The van der Waals surface area contributed by atoms with E-state index in [-0.39, 0.29) is 16.6 Å². The number of anilines is 1. The third-order valence-electron chi connectivity index (χ3n) is 2.32. The van der Waals surface area contributed by atoms with Crippen molar-refractivity contribution < 1.29 is 18.0 Å². The Morgan fingerprint density at radius 1 is 1.38 bits per heavy atom. The molecule has 0 aliphatic heterocycles. The summed E-state index contributed by atoms with van der Waals surface area (Å²) in [5.41, 5.74) is 0.467. The molecule has 21 heavy (non-hydrogen) atoms. The van der Waals surface area contributed by atoms with Crippen LogP contribution >= 0.6 is 11.3 Å². The van der Waals surface area contributed by atoms with E-state index in [1.54, 1.807) is 10.9 Å². The summed E-state index contributed by atoms with van der Waals surface area (Å²) in [6, 6.07) is 0. The smallest absolute Gasteiger partial charge is 0.300 e. The van der Waals surface area contributed by atoms with Crippen molar-refractivity contribution in [1.29, 1.82) is 0 Å². The molecular formula is C10H11F3N6OS. The lowest BCUT2D eigenvalue weighted by atomic mass is 10.3. The van der Waals surface area contributed by atoms with E-state index in [9.17, 15) is 18.0 Å². The predicted octanol–water partition coefficient (Wildman–Crippen LogP) is 1.44. The maximum atomic E-state index is 12.2. The monoisotopic (exact) mass is 320 g/mol. The molecule has 0 spiro atoms. The summed E-state index contributed by atoms with van der Waals surface area (Å²) in [6.07, 6.45) is -3.92. The van der Waals surface area contributed by atoms with Gasteiger partial charge in [0.15, 0.2) is 0 Å². The van der Waals surface area contributed by atoms with Gasteiger partial charge in [0.1, 0.15) is 5.01 Å². The Balaban J connectivity index is 1.90. The average Bonchev–Trinajstić information content (AvgIpc) is 2.96. The summed E-state index contributed by atoms with van der Waals surface area (Å²) < 4.78 is 38.1. The molecule has 0 fully saturated rings. The zero-order valence-corrected chi connectivity index (χ0v) is 11.7. The molecule has 114 valence electrons. The molecule has 0 aliphatic carbocycles. The number of hydrogen-bond donors (Lipinski definition) is 1. The lowest BCUT2D eigenvalue weighted by Gasteiger charge is -2.00. The second-order valence-electron chi connectivity index (χ2n) is 4.08. The van der Waals surface area contributed by atoms with Crippen molar-refractivity contribution >= 4 is 22.4 Å². The van der Waals surface area contributed by atoms with Crippen LogP contribution in [0.2, 0.25) is 0 Å². The Morgan fingerprint density at radius 3 is 2.76 bits per heavy atom. The van der Waals surface area contributed by atoms with E-state index in [0.29, 0.717) is 23.6 Å². The molecular weight excluding hydrogens is 309 g/mol.